The van der Waals surface area contributed by atoms with Crippen molar-refractivity contribution in [3.63, 3.8) is 0 Å². The van der Waals surface area contributed by atoms with Crippen molar-refractivity contribution in [2.24, 2.45) is 0 Å². The van der Waals surface area contributed by atoms with Crippen LogP contribution >= 0.6 is 0 Å². The number of hydrazine groups is 1. The lowest BCUT2D eigenvalue weighted by Gasteiger charge is -2.06. The molecule has 0 fully saturated rings. The van der Waals surface area contributed by atoms with Crippen LogP contribution in [0.3, 0.4) is 0 Å². The minimum absolute atomic E-state index is 0.202. The number of aromatic amines is 1. The van der Waals surface area contributed by atoms with Gasteiger partial charge in [-0.1, -0.05) is 36.4 Å². The van der Waals surface area contributed by atoms with E-state index in [2.05, 4.69) is 15.8 Å². The van der Waals surface area contributed by atoms with Gasteiger partial charge in [-0.25, -0.2) is 0 Å². The summed E-state index contributed by atoms with van der Waals surface area (Å²) in [5, 5.41) is 1.99. The fourth-order valence-electron chi connectivity index (χ4n) is 3.22. The Balaban J connectivity index is 1.36. The maximum atomic E-state index is 12.3. The molecule has 3 N–H and O–H groups in total. The predicted octanol–water partition coefficient (Wildman–Crippen LogP) is 3.62. The summed E-state index contributed by atoms with van der Waals surface area (Å²) in [7, 11) is 0. The summed E-state index contributed by atoms with van der Waals surface area (Å²) in [5.41, 5.74) is 8.39. The quantitative estimate of drug-likeness (QED) is 0.485. The summed E-state index contributed by atoms with van der Waals surface area (Å²) in [4.78, 5) is 27.6. The molecule has 6 nitrogen and oxygen atoms in total. The van der Waals surface area contributed by atoms with E-state index in [1.165, 1.54) is 0 Å². The molecule has 0 atom stereocenters. The van der Waals surface area contributed by atoms with Gasteiger partial charge in [0.1, 0.15) is 5.58 Å². The number of carbonyl (C=O) groups is 2. The average molecular weight is 361 g/mol. The van der Waals surface area contributed by atoms with Gasteiger partial charge in [-0.2, -0.15) is 0 Å². The van der Waals surface area contributed by atoms with Gasteiger partial charge in [0.25, 0.3) is 0 Å². The predicted molar refractivity (Wildman–Crippen MR) is 103 cm³/mol. The second-order valence-electron chi connectivity index (χ2n) is 6.41. The number of nitrogens with one attached hydrogen (secondary N) is 3. The number of furan rings is 1. The Morgan fingerprint density at radius 3 is 2.56 bits per heavy atom. The highest BCUT2D eigenvalue weighted by Crippen LogP contribution is 2.24. The second kappa shape index (κ2) is 6.99. The molecule has 0 radical (unpaired) electrons. The molecule has 0 aliphatic heterocycles. The fourth-order valence-corrected chi connectivity index (χ4v) is 3.22. The highest BCUT2D eigenvalue weighted by Gasteiger charge is 2.17. The SMILES string of the molecule is Cc1c(C(=O)NNC(=O)CCc2c[nH]c3ccccc23)oc2ccccc12. The molecule has 2 amide bonds. The van der Waals surface area contributed by atoms with E-state index in [1.807, 2.05) is 55.6 Å². The van der Waals surface area contributed by atoms with Crippen LogP contribution in [0.5, 0.6) is 0 Å². The van der Waals surface area contributed by atoms with E-state index >= 15 is 0 Å². The van der Waals surface area contributed by atoms with Gasteiger partial charge in [0.15, 0.2) is 5.76 Å². The molecule has 0 saturated carbocycles. The molecule has 4 rings (SSSR count). The first-order valence-electron chi connectivity index (χ1n) is 8.76. The van der Waals surface area contributed by atoms with Crippen LogP contribution in [0.4, 0.5) is 0 Å². The number of benzene rings is 2. The van der Waals surface area contributed by atoms with Gasteiger partial charge in [-0.15, -0.1) is 0 Å². The first-order valence-corrected chi connectivity index (χ1v) is 8.76. The Kier molecular flexibility index (Phi) is 4.38. The normalized spacial score (nSPS) is 11.0. The number of aromatic nitrogens is 1. The van der Waals surface area contributed by atoms with Crippen LogP contribution in [0, 0.1) is 6.92 Å². The molecule has 4 aromatic rings. The Morgan fingerprint density at radius 1 is 1.00 bits per heavy atom. The summed E-state index contributed by atoms with van der Waals surface area (Å²) in [5.74, 6) is -0.528. The number of amides is 2. The van der Waals surface area contributed by atoms with E-state index in [1.54, 1.807) is 6.07 Å². The van der Waals surface area contributed by atoms with Crippen LogP contribution in [-0.4, -0.2) is 16.8 Å². The van der Waals surface area contributed by atoms with Crippen molar-refractivity contribution in [1.29, 1.82) is 0 Å². The van der Waals surface area contributed by atoms with Crippen LogP contribution in [0.2, 0.25) is 0 Å². The van der Waals surface area contributed by atoms with E-state index in [-0.39, 0.29) is 18.1 Å². The van der Waals surface area contributed by atoms with Crippen LogP contribution < -0.4 is 10.9 Å². The smallest absolute Gasteiger partial charge is 0.305 e. The summed E-state index contributed by atoms with van der Waals surface area (Å²) >= 11 is 0. The van der Waals surface area contributed by atoms with E-state index in [4.69, 9.17) is 4.42 Å². The van der Waals surface area contributed by atoms with Gasteiger partial charge in [0.2, 0.25) is 5.91 Å². The van der Waals surface area contributed by atoms with Crippen LogP contribution in [0.1, 0.15) is 28.1 Å². The van der Waals surface area contributed by atoms with Crippen LogP contribution in [0.15, 0.2) is 59.1 Å². The van der Waals surface area contributed by atoms with Gasteiger partial charge in [0, 0.05) is 34.5 Å². The Morgan fingerprint density at radius 2 is 1.74 bits per heavy atom. The van der Waals surface area contributed by atoms with Crippen LogP contribution in [-0.2, 0) is 11.2 Å². The highest BCUT2D eigenvalue weighted by molar-refractivity contribution is 5.99. The molecule has 27 heavy (non-hydrogen) atoms. The monoisotopic (exact) mass is 361 g/mol. The van der Waals surface area contributed by atoms with Gasteiger partial charge in [0.05, 0.1) is 0 Å². The molecule has 0 spiro atoms. The van der Waals surface area contributed by atoms with E-state index in [9.17, 15) is 9.59 Å². The summed E-state index contributed by atoms with van der Waals surface area (Å²) in [6.45, 7) is 1.82. The standard InChI is InChI=1S/C21H19N3O3/c1-13-15-6-3-5-9-18(15)27-20(13)21(26)24-23-19(25)11-10-14-12-22-17-8-4-2-7-16(14)17/h2-9,12,22H,10-11H2,1H3,(H,23,25)(H,24,26). The maximum Gasteiger partial charge on any atom is 0.305 e. The molecule has 2 aromatic carbocycles. The zero-order valence-corrected chi connectivity index (χ0v) is 14.8. The van der Waals surface area contributed by atoms with Crippen molar-refractivity contribution in [2.75, 3.05) is 0 Å². The number of hydrogen-bond donors (Lipinski definition) is 3. The molecular formula is C21H19N3O3. The molecule has 136 valence electrons. The summed E-state index contributed by atoms with van der Waals surface area (Å²) in [6.07, 6.45) is 2.75. The zero-order valence-electron chi connectivity index (χ0n) is 14.8. The summed E-state index contributed by atoms with van der Waals surface area (Å²) in [6, 6.07) is 15.4. The third-order valence-corrected chi connectivity index (χ3v) is 4.66. The third kappa shape index (κ3) is 3.29. The summed E-state index contributed by atoms with van der Waals surface area (Å²) < 4.78 is 5.59. The Bertz CT molecular complexity index is 1140. The Labute approximate surface area is 155 Å². The molecule has 0 unspecified atom stereocenters. The second-order valence-corrected chi connectivity index (χ2v) is 6.41. The van der Waals surface area contributed by atoms with Crippen molar-refractivity contribution >= 4 is 33.7 Å². The first-order chi connectivity index (χ1) is 13.1. The topological polar surface area (TPSA) is 87.1 Å². The zero-order chi connectivity index (χ0) is 18.8. The number of rotatable bonds is 4. The lowest BCUT2D eigenvalue weighted by atomic mass is 10.1. The number of H-pyrrole nitrogens is 1. The van der Waals surface area contributed by atoms with Gasteiger partial charge in [-0.05, 0) is 31.0 Å². The van der Waals surface area contributed by atoms with Crippen molar-refractivity contribution in [3.05, 3.63) is 71.6 Å². The fraction of sp³-hybridized carbons (Fsp3) is 0.143. The Hall–Kier alpha value is -3.54. The van der Waals surface area contributed by atoms with Gasteiger partial charge < -0.3 is 9.40 Å². The lowest BCUT2D eigenvalue weighted by molar-refractivity contribution is -0.121. The molecular weight excluding hydrogens is 342 g/mol. The minimum atomic E-state index is -0.468. The minimum Gasteiger partial charge on any atom is -0.451 e. The molecule has 0 saturated heterocycles. The van der Waals surface area contributed by atoms with Crippen molar-refractivity contribution in [1.82, 2.24) is 15.8 Å². The third-order valence-electron chi connectivity index (χ3n) is 4.66. The molecule has 0 aliphatic rings. The van der Waals surface area contributed by atoms with E-state index in [0.717, 1.165) is 27.4 Å². The van der Waals surface area contributed by atoms with Crippen molar-refractivity contribution in [3.8, 4) is 0 Å². The molecule has 0 bridgehead atoms. The average Bonchev–Trinajstić information content (AvgIpc) is 3.26. The van der Waals surface area contributed by atoms with Crippen LogP contribution in [0.25, 0.3) is 21.9 Å². The number of carbonyl (C=O) groups excluding carboxylic acids is 2. The highest BCUT2D eigenvalue weighted by atomic mass is 16.3. The maximum absolute atomic E-state index is 12.3. The van der Waals surface area contributed by atoms with Gasteiger partial charge >= 0.3 is 5.91 Å². The van der Waals surface area contributed by atoms with Gasteiger partial charge in [-0.3, -0.25) is 20.4 Å². The molecule has 0 aliphatic carbocycles. The largest absolute Gasteiger partial charge is 0.451 e. The lowest BCUT2D eigenvalue weighted by Crippen LogP contribution is -2.41. The first kappa shape index (κ1) is 16.9. The number of aryl methyl sites for hydroxylation is 2. The van der Waals surface area contributed by atoms with Crippen molar-refractivity contribution in [2.45, 2.75) is 19.8 Å². The molecule has 2 aromatic heterocycles. The van der Waals surface area contributed by atoms with Crippen molar-refractivity contribution < 1.29 is 14.0 Å². The molecule has 6 heteroatoms. The number of para-hydroxylation sites is 2. The van der Waals surface area contributed by atoms with E-state index in [0.29, 0.717) is 12.0 Å². The number of fused-ring (bicyclic) bond motifs is 2. The van der Waals surface area contributed by atoms with E-state index < -0.39 is 5.91 Å². The molecule has 2 heterocycles. The number of hydrogen-bond acceptors (Lipinski definition) is 3.